The molecule has 12 heavy (non-hydrogen) atoms. The van der Waals surface area contributed by atoms with Crippen LogP contribution in [0.2, 0.25) is 0 Å². The zero-order chi connectivity index (χ0) is 8.55. The number of ether oxygens (including phenoxy) is 1. The predicted molar refractivity (Wildman–Crippen MR) is 48.2 cm³/mol. The van der Waals surface area contributed by atoms with Crippen LogP contribution in [0.1, 0.15) is 23.6 Å². The number of benzene rings is 1. The van der Waals surface area contributed by atoms with E-state index in [1.807, 2.05) is 12.1 Å². The third-order valence-electron chi connectivity index (χ3n) is 2.32. The van der Waals surface area contributed by atoms with E-state index in [1.54, 1.807) is 0 Å². The minimum absolute atomic E-state index is 0.161. The number of rotatable bonds is 0. The van der Waals surface area contributed by atoms with E-state index in [2.05, 4.69) is 13.0 Å². The summed E-state index contributed by atoms with van der Waals surface area (Å²) in [6.45, 7) is 2.80. The van der Waals surface area contributed by atoms with E-state index < -0.39 is 0 Å². The maximum absolute atomic E-state index is 5.94. The van der Waals surface area contributed by atoms with Crippen LogP contribution in [0.25, 0.3) is 0 Å². The van der Waals surface area contributed by atoms with Gasteiger partial charge in [-0.3, -0.25) is 0 Å². The first-order valence-electron chi connectivity index (χ1n) is 4.27. The van der Waals surface area contributed by atoms with E-state index in [9.17, 15) is 0 Å². The third kappa shape index (κ3) is 1.08. The molecule has 1 aromatic carbocycles. The largest absolute Gasteiger partial charge is 0.493 e. The van der Waals surface area contributed by atoms with E-state index >= 15 is 0 Å². The Hall–Kier alpha value is -1.02. The molecule has 0 unspecified atom stereocenters. The summed E-state index contributed by atoms with van der Waals surface area (Å²) in [6, 6.07) is 6.29. The first kappa shape index (κ1) is 7.62. The van der Waals surface area contributed by atoms with Crippen LogP contribution in [0, 0.1) is 6.92 Å². The second-order valence-corrected chi connectivity index (χ2v) is 3.24. The molecule has 1 aromatic rings. The highest BCUT2D eigenvalue weighted by Crippen LogP contribution is 2.32. The van der Waals surface area contributed by atoms with Crippen LogP contribution < -0.4 is 10.5 Å². The molecular formula is C10H13NO. The molecule has 0 saturated heterocycles. The highest BCUT2D eigenvalue weighted by Gasteiger charge is 2.18. The lowest BCUT2D eigenvalue weighted by Crippen LogP contribution is -2.20. The summed E-state index contributed by atoms with van der Waals surface area (Å²) in [5.41, 5.74) is 8.27. The Morgan fingerprint density at radius 3 is 3.08 bits per heavy atom. The van der Waals surface area contributed by atoms with Crippen molar-refractivity contribution in [2.45, 2.75) is 19.4 Å². The predicted octanol–water partition coefficient (Wildman–Crippen LogP) is 1.78. The van der Waals surface area contributed by atoms with E-state index in [4.69, 9.17) is 10.5 Å². The van der Waals surface area contributed by atoms with Crippen molar-refractivity contribution in [3.8, 4) is 5.75 Å². The van der Waals surface area contributed by atoms with Crippen molar-refractivity contribution in [3.05, 3.63) is 29.3 Å². The van der Waals surface area contributed by atoms with Gasteiger partial charge in [-0.25, -0.2) is 0 Å². The summed E-state index contributed by atoms with van der Waals surface area (Å²) in [5.74, 6) is 0.997. The van der Waals surface area contributed by atoms with Crippen molar-refractivity contribution in [2.24, 2.45) is 5.73 Å². The molecule has 2 nitrogen and oxygen atoms in total. The number of hydrogen-bond donors (Lipinski definition) is 1. The Kier molecular flexibility index (Phi) is 1.77. The molecule has 0 radical (unpaired) electrons. The fraction of sp³-hybridized carbons (Fsp3) is 0.400. The lowest BCUT2D eigenvalue weighted by molar-refractivity contribution is 0.267. The second kappa shape index (κ2) is 2.79. The Labute approximate surface area is 72.3 Å². The topological polar surface area (TPSA) is 35.2 Å². The number of nitrogens with two attached hydrogens (primary N) is 1. The van der Waals surface area contributed by atoms with Crippen LogP contribution in [0.5, 0.6) is 5.75 Å². The minimum atomic E-state index is 0.161. The van der Waals surface area contributed by atoms with Gasteiger partial charge in [0, 0.05) is 18.0 Å². The van der Waals surface area contributed by atoms with Gasteiger partial charge in [-0.15, -0.1) is 0 Å². The number of fused-ring (bicyclic) bond motifs is 1. The fourth-order valence-electron chi connectivity index (χ4n) is 1.61. The van der Waals surface area contributed by atoms with Crippen molar-refractivity contribution < 1.29 is 4.74 Å². The van der Waals surface area contributed by atoms with E-state index in [-0.39, 0.29) is 6.04 Å². The Bertz CT molecular complexity index is 296. The lowest BCUT2D eigenvalue weighted by Gasteiger charge is -2.24. The van der Waals surface area contributed by atoms with Crippen molar-refractivity contribution in [1.82, 2.24) is 0 Å². The number of aryl methyl sites for hydroxylation is 1. The van der Waals surface area contributed by atoms with E-state index in [1.165, 1.54) is 5.56 Å². The van der Waals surface area contributed by atoms with Gasteiger partial charge in [-0.05, 0) is 12.5 Å². The molecular weight excluding hydrogens is 150 g/mol. The molecule has 1 aliphatic rings. The summed E-state index contributed by atoms with van der Waals surface area (Å²) >= 11 is 0. The SMILES string of the molecule is Cc1cccc2c1OCC[C@H]2N. The van der Waals surface area contributed by atoms with Crippen molar-refractivity contribution in [3.63, 3.8) is 0 Å². The van der Waals surface area contributed by atoms with E-state index in [0.29, 0.717) is 0 Å². The van der Waals surface area contributed by atoms with Gasteiger partial charge in [0.15, 0.2) is 0 Å². The molecule has 0 aromatic heterocycles. The maximum Gasteiger partial charge on any atom is 0.126 e. The second-order valence-electron chi connectivity index (χ2n) is 3.24. The van der Waals surface area contributed by atoms with Gasteiger partial charge in [0.05, 0.1) is 6.61 Å². The van der Waals surface area contributed by atoms with Gasteiger partial charge in [-0.2, -0.15) is 0 Å². The van der Waals surface area contributed by atoms with E-state index in [0.717, 1.165) is 24.3 Å². The first-order valence-corrected chi connectivity index (χ1v) is 4.27. The van der Waals surface area contributed by atoms with Gasteiger partial charge >= 0.3 is 0 Å². The van der Waals surface area contributed by atoms with Crippen LogP contribution in [-0.2, 0) is 0 Å². The molecule has 1 aliphatic heterocycles. The summed E-state index contributed by atoms with van der Waals surface area (Å²) in [7, 11) is 0. The molecule has 2 heteroatoms. The maximum atomic E-state index is 5.94. The molecule has 0 amide bonds. The van der Waals surface area contributed by atoms with Crippen LogP contribution in [0.3, 0.4) is 0 Å². The Balaban J connectivity index is 2.52. The average molecular weight is 163 g/mol. The molecule has 1 heterocycles. The fourth-order valence-corrected chi connectivity index (χ4v) is 1.61. The molecule has 0 aliphatic carbocycles. The lowest BCUT2D eigenvalue weighted by atomic mass is 9.99. The van der Waals surface area contributed by atoms with Gasteiger partial charge in [0.25, 0.3) is 0 Å². The molecule has 0 saturated carbocycles. The summed E-state index contributed by atoms with van der Waals surface area (Å²) < 4.78 is 5.54. The number of para-hydroxylation sites is 1. The monoisotopic (exact) mass is 163 g/mol. The van der Waals surface area contributed by atoms with Crippen molar-refractivity contribution >= 4 is 0 Å². The summed E-state index contributed by atoms with van der Waals surface area (Å²) in [5, 5.41) is 0. The van der Waals surface area contributed by atoms with Gasteiger partial charge in [0.1, 0.15) is 5.75 Å². The minimum Gasteiger partial charge on any atom is -0.493 e. The third-order valence-corrected chi connectivity index (χ3v) is 2.32. The van der Waals surface area contributed by atoms with Gasteiger partial charge in [0.2, 0.25) is 0 Å². The zero-order valence-corrected chi connectivity index (χ0v) is 7.21. The molecule has 64 valence electrons. The summed E-state index contributed by atoms with van der Waals surface area (Å²) in [6.07, 6.45) is 0.927. The Morgan fingerprint density at radius 2 is 2.33 bits per heavy atom. The molecule has 0 fully saturated rings. The Morgan fingerprint density at radius 1 is 1.50 bits per heavy atom. The van der Waals surface area contributed by atoms with Crippen LogP contribution in [0.15, 0.2) is 18.2 Å². The highest BCUT2D eigenvalue weighted by molar-refractivity contribution is 5.43. The molecule has 0 spiro atoms. The zero-order valence-electron chi connectivity index (χ0n) is 7.21. The summed E-state index contributed by atoms with van der Waals surface area (Å²) in [4.78, 5) is 0. The van der Waals surface area contributed by atoms with Crippen LogP contribution >= 0.6 is 0 Å². The van der Waals surface area contributed by atoms with Gasteiger partial charge in [-0.1, -0.05) is 18.2 Å². The standard InChI is InChI=1S/C10H13NO/c1-7-3-2-4-8-9(11)5-6-12-10(7)8/h2-4,9H,5-6,11H2,1H3/t9-/m1/s1. The van der Waals surface area contributed by atoms with Crippen LogP contribution in [-0.4, -0.2) is 6.61 Å². The van der Waals surface area contributed by atoms with Crippen LogP contribution in [0.4, 0.5) is 0 Å². The van der Waals surface area contributed by atoms with Gasteiger partial charge < -0.3 is 10.5 Å². The van der Waals surface area contributed by atoms with Crippen molar-refractivity contribution in [2.75, 3.05) is 6.61 Å². The van der Waals surface area contributed by atoms with Crippen molar-refractivity contribution in [1.29, 1.82) is 0 Å². The molecule has 2 N–H and O–H groups in total. The molecule has 2 rings (SSSR count). The molecule has 0 bridgehead atoms. The number of hydrogen-bond acceptors (Lipinski definition) is 2. The highest BCUT2D eigenvalue weighted by atomic mass is 16.5. The quantitative estimate of drug-likeness (QED) is 0.632. The first-order chi connectivity index (χ1) is 5.79. The average Bonchev–Trinajstić information content (AvgIpc) is 2.07. The molecule has 1 atom stereocenters. The smallest absolute Gasteiger partial charge is 0.126 e. The normalized spacial score (nSPS) is 21.3.